The molecule has 0 aromatic rings. The molecule has 0 saturated heterocycles. The van der Waals surface area contributed by atoms with Gasteiger partial charge in [0.15, 0.2) is 0 Å². The minimum Gasteiger partial charge on any atom is -0.463 e. The molecule has 0 aliphatic carbocycles. The van der Waals surface area contributed by atoms with E-state index in [9.17, 15) is 14.9 Å². The van der Waals surface area contributed by atoms with Crippen LogP contribution in [0.5, 0.6) is 0 Å². The third-order valence-electron chi connectivity index (χ3n) is 1.36. The molecule has 0 unspecified atom stereocenters. The Balaban J connectivity index is 3.20. The second-order valence-electron chi connectivity index (χ2n) is 2.53. The minimum absolute atomic E-state index is 0.0783. The number of rotatable bonds is 9. The summed E-state index contributed by atoms with van der Waals surface area (Å²) in [6.07, 6.45) is 1.56. The van der Waals surface area contributed by atoms with Crippen LogP contribution in [-0.4, -0.2) is 50.7 Å². The Bertz CT molecular complexity index is 243. The SMILES string of the molecule is CN=CCC(=O)OCCOCCO[N+](=O)[O-]. The van der Waals surface area contributed by atoms with E-state index in [2.05, 4.69) is 9.83 Å². The van der Waals surface area contributed by atoms with Crippen molar-refractivity contribution in [2.75, 3.05) is 33.5 Å². The predicted octanol–water partition coefficient (Wildman–Crippen LogP) is -0.155. The van der Waals surface area contributed by atoms with Gasteiger partial charge in [-0.15, -0.1) is 10.1 Å². The van der Waals surface area contributed by atoms with Crippen molar-refractivity contribution in [2.45, 2.75) is 6.42 Å². The highest BCUT2D eigenvalue weighted by Crippen LogP contribution is 1.85. The molecule has 0 spiro atoms. The highest BCUT2D eigenvalue weighted by atomic mass is 17.0. The number of nitrogens with zero attached hydrogens (tertiary/aromatic N) is 2. The molecule has 0 aromatic carbocycles. The maximum Gasteiger partial charge on any atom is 0.311 e. The van der Waals surface area contributed by atoms with Crippen molar-refractivity contribution < 1.29 is 24.2 Å². The van der Waals surface area contributed by atoms with E-state index in [0.717, 1.165) is 0 Å². The van der Waals surface area contributed by atoms with Gasteiger partial charge in [0.25, 0.3) is 5.09 Å². The second kappa shape index (κ2) is 9.84. The lowest BCUT2D eigenvalue weighted by atomic mass is 10.5. The fourth-order valence-electron chi connectivity index (χ4n) is 0.712. The van der Waals surface area contributed by atoms with Crippen LogP contribution in [0.15, 0.2) is 4.99 Å². The van der Waals surface area contributed by atoms with Gasteiger partial charge in [-0.3, -0.25) is 4.79 Å². The van der Waals surface area contributed by atoms with Gasteiger partial charge < -0.3 is 19.3 Å². The van der Waals surface area contributed by atoms with E-state index in [0.29, 0.717) is 0 Å². The molecule has 8 nitrogen and oxygen atoms in total. The van der Waals surface area contributed by atoms with Crippen LogP contribution >= 0.6 is 0 Å². The predicted molar refractivity (Wildman–Crippen MR) is 53.8 cm³/mol. The molecule has 0 heterocycles. The van der Waals surface area contributed by atoms with E-state index in [1.807, 2.05) is 0 Å². The lowest BCUT2D eigenvalue weighted by molar-refractivity contribution is -0.758. The standard InChI is InChI=1S/C8H14N2O6/c1-9-3-2-8(11)15-6-4-14-5-7-16-10(12)13/h3H,2,4-7H2,1H3. The topological polar surface area (TPSA) is 100 Å². The first kappa shape index (κ1) is 14.3. The van der Waals surface area contributed by atoms with E-state index < -0.39 is 11.1 Å². The van der Waals surface area contributed by atoms with Gasteiger partial charge in [0.2, 0.25) is 0 Å². The van der Waals surface area contributed by atoms with Crippen molar-refractivity contribution in [3.63, 3.8) is 0 Å². The molecule has 0 bridgehead atoms. The summed E-state index contributed by atoms with van der Waals surface area (Å²) in [4.78, 5) is 28.2. The molecule has 0 N–H and O–H groups in total. The number of aliphatic imine (C=N–C) groups is 1. The molecular weight excluding hydrogens is 220 g/mol. The number of hydrogen-bond donors (Lipinski definition) is 0. The maximum absolute atomic E-state index is 10.9. The van der Waals surface area contributed by atoms with Crippen molar-refractivity contribution in [3.05, 3.63) is 10.1 Å². The molecule has 0 fully saturated rings. The third kappa shape index (κ3) is 10.4. The van der Waals surface area contributed by atoms with Gasteiger partial charge in [-0.2, -0.15) is 0 Å². The Morgan fingerprint density at radius 2 is 2.06 bits per heavy atom. The zero-order valence-corrected chi connectivity index (χ0v) is 8.96. The Labute approximate surface area is 92.3 Å². The minimum atomic E-state index is -0.895. The fraction of sp³-hybridized carbons (Fsp3) is 0.750. The molecule has 0 amide bonds. The van der Waals surface area contributed by atoms with Crippen LogP contribution in [0.25, 0.3) is 0 Å². The van der Waals surface area contributed by atoms with Crippen molar-refractivity contribution >= 4 is 12.2 Å². The summed E-state index contributed by atoms with van der Waals surface area (Å²) in [6, 6.07) is 0. The van der Waals surface area contributed by atoms with Crippen LogP contribution in [0, 0.1) is 10.1 Å². The lowest BCUT2D eigenvalue weighted by Crippen LogP contribution is -2.14. The molecule has 8 heteroatoms. The van der Waals surface area contributed by atoms with Gasteiger partial charge in [0.05, 0.1) is 19.6 Å². The molecule has 0 saturated carbocycles. The van der Waals surface area contributed by atoms with Crippen molar-refractivity contribution in [1.82, 2.24) is 0 Å². The van der Waals surface area contributed by atoms with Gasteiger partial charge in [0.1, 0.15) is 13.2 Å². The van der Waals surface area contributed by atoms with Crippen molar-refractivity contribution in [1.29, 1.82) is 0 Å². The number of esters is 1. The summed E-state index contributed by atoms with van der Waals surface area (Å²) < 4.78 is 9.64. The molecule has 16 heavy (non-hydrogen) atoms. The molecule has 0 rings (SSSR count). The molecule has 0 atom stereocenters. The summed E-state index contributed by atoms with van der Waals surface area (Å²) in [5, 5.41) is 8.83. The largest absolute Gasteiger partial charge is 0.463 e. The summed E-state index contributed by atoms with van der Waals surface area (Å²) in [5.74, 6) is -0.393. The van der Waals surface area contributed by atoms with Crippen LogP contribution < -0.4 is 0 Å². The van der Waals surface area contributed by atoms with Crippen molar-refractivity contribution in [2.24, 2.45) is 4.99 Å². The van der Waals surface area contributed by atoms with Crippen LogP contribution in [0.4, 0.5) is 0 Å². The van der Waals surface area contributed by atoms with E-state index in [1.165, 1.54) is 6.21 Å². The quantitative estimate of drug-likeness (QED) is 0.181. The zero-order valence-electron chi connectivity index (χ0n) is 8.96. The number of carbonyl (C=O) groups excluding carboxylic acids is 1. The van der Waals surface area contributed by atoms with Crippen LogP contribution in [0.2, 0.25) is 0 Å². The average Bonchev–Trinajstić information content (AvgIpc) is 2.24. The first-order valence-electron chi connectivity index (χ1n) is 4.58. The summed E-state index contributed by atoms with van der Waals surface area (Å²) in [5.41, 5.74) is 0. The highest BCUT2D eigenvalue weighted by Gasteiger charge is 1.99. The molecule has 0 aromatic heterocycles. The smallest absolute Gasteiger partial charge is 0.311 e. The van der Waals surface area contributed by atoms with Crippen LogP contribution in [0.3, 0.4) is 0 Å². The van der Waals surface area contributed by atoms with Crippen LogP contribution in [-0.2, 0) is 19.1 Å². The number of hydrogen-bond acceptors (Lipinski definition) is 7. The van der Waals surface area contributed by atoms with Gasteiger partial charge >= 0.3 is 5.97 Å². The average molecular weight is 234 g/mol. The normalized spacial score (nSPS) is 10.3. The van der Waals surface area contributed by atoms with E-state index in [4.69, 9.17) is 9.47 Å². The monoisotopic (exact) mass is 234 g/mol. The van der Waals surface area contributed by atoms with E-state index in [1.54, 1.807) is 7.05 Å². The van der Waals surface area contributed by atoms with Gasteiger partial charge in [-0.05, 0) is 0 Å². The van der Waals surface area contributed by atoms with Gasteiger partial charge in [-0.1, -0.05) is 0 Å². The maximum atomic E-state index is 10.9. The Morgan fingerprint density at radius 3 is 2.69 bits per heavy atom. The zero-order chi connectivity index (χ0) is 12.2. The molecule has 0 aliphatic heterocycles. The Hall–Kier alpha value is -1.70. The highest BCUT2D eigenvalue weighted by molar-refractivity contribution is 5.85. The summed E-state index contributed by atoms with van der Waals surface area (Å²) >= 11 is 0. The fourth-order valence-corrected chi connectivity index (χ4v) is 0.712. The Morgan fingerprint density at radius 1 is 1.38 bits per heavy atom. The molecule has 0 aliphatic rings. The summed E-state index contributed by atoms with van der Waals surface area (Å²) in [7, 11) is 1.56. The van der Waals surface area contributed by atoms with E-state index >= 15 is 0 Å². The number of ether oxygens (including phenoxy) is 2. The van der Waals surface area contributed by atoms with E-state index in [-0.39, 0.29) is 32.8 Å². The molecular formula is C8H14N2O6. The van der Waals surface area contributed by atoms with Gasteiger partial charge in [-0.25, -0.2) is 0 Å². The Kier molecular flexibility index (Phi) is 8.79. The molecule has 92 valence electrons. The first-order chi connectivity index (χ1) is 7.66. The second-order valence-corrected chi connectivity index (χ2v) is 2.53. The lowest BCUT2D eigenvalue weighted by Gasteiger charge is -2.04. The first-order valence-corrected chi connectivity index (χ1v) is 4.58. The van der Waals surface area contributed by atoms with Crippen LogP contribution in [0.1, 0.15) is 6.42 Å². The number of carbonyl (C=O) groups is 1. The summed E-state index contributed by atoms with van der Waals surface area (Å²) in [6.45, 7) is 0.226. The van der Waals surface area contributed by atoms with Gasteiger partial charge in [0, 0.05) is 13.3 Å². The molecule has 0 radical (unpaired) electrons. The van der Waals surface area contributed by atoms with Crippen molar-refractivity contribution in [3.8, 4) is 0 Å². The third-order valence-corrected chi connectivity index (χ3v) is 1.36.